The lowest BCUT2D eigenvalue weighted by Gasteiger charge is -2.06. The first-order chi connectivity index (χ1) is 13.4. The highest BCUT2D eigenvalue weighted by Crippen LogP contribution is 2.22. The molecule has 0 saturated carbocycles. The van der Waals surface area contributed by atoms with Crippen molar-refractivity contribution in [1.29, 1.82) is 0 Å². The van der Waals surface area contributed by atoms with Crippen LogP contribution in [0, 0.1) is 5.82 Å². The van der Waals surface area contributed by atoms with Crippen molar-refractivity contribution in [3.8, 4) is 0 Å². The molecule has 0 unspecified atom stereocenters. The van der Waals surface area contributed by atoms with Gasteiger partial charge in [-0.2, -0.15) is 0 Å². The Morgan fingerprint density at radius 2 is 1.93 bits per heavy atom. The maximum Gasteiger partial charge on any atom is 0.263 e. The summed E-state index contributed by atoms with van der Waals surface area (Å²) < 4.78 is 40.1. The minimum atomic E-state index is -3.52. The predicted molar refractivity (Wildman–Crippen MR) is 107 cm³/mol. The van der Waals surface area contributed by atoms with Crippen LogP contribution in [0.2, 0.25) is 5.02 Å². The largest absolute Gasteiger partial charge is 0.324 e. The molecular weight excluding hydrogens is 405 g/mol. The van der Waals surface area contributed by atoms with Gasteiger partial charge in [-0.25, -0.2) is 12.8 Å². The van der Waals surface area contributed by atoms with Crippen molar-refractivity contribution in [1.82, 2.24) is 4.72 Å². The van der Waals surface area contributed by atoms with E-state index in [0.717, 1.165) is 12.5 Å². The van der Waals surface area contributed by atoms with E-state index < -0.39 is 15.8 Å². The Labute approximate surface area is 167 Å². The highest BCUT2D eigenvalue weighted by atomic mass is 35.5. The van der Waals surface area contributed by atoms with Crippen LogP contribution in [0.25, 0.3) is 0 Å². The van der Waals surface area contributed by atoms with Gasteiger partial charge in [0, 0.05) is 23.6 Å². The molecule has 1 aliphatic rings. The number of fused-ring (bicyclic) bond motifs is 1. The van der Waals surface area contributed by atoms with Gasteiger partial charge in [0.15, 0.2) is 0 Å². The van der Waals surface area contributed by atoms with E-state index in [4.69, 9.17) is 11.6 Å². The monoisotopic (exact) mass is 423 g/mol. The highest BCUT2D eigenvalue weighted by Gasteiger charge is 2.29. The Hall–Kier alpha value is -2.45. The molecule has 2 N–H and O–H groups in total. The summed E-state index contributed by atoms with van der Waals surface area (Å²) in [6, 6.07) is 10.8. The van der Waals surface area contributed by atoms with E-state index in [0.29, 0.717) is 30.8 Å². The zero-order valence-corrected chi connectivity index (χ0v) is 16.5. The third-order valence-electron chi connectivity index (χ3n) is 4.20. The summed E-state index contributed by atoms with van der Waals surface area (Å²) in [5, 5.41) is 2.78. The number of halogens is 2. The minimum Gasteiger partial charge on any atom is -0.324 e. The van der Waals surface area contributed by atoms with Crippen LogP contribution in [-0.4, -0.2) is 26.7 Å². The van der Waals surface area contributed by atoms with Crippen LogP contribution in [0.1, 0.15) is 31.2 Å². The number of amidine groups is 1. The van der Waals surface area contributed by atoms with E-state index in [1.54, 1.807) is 24.3 Å². The molecule has 0 aromatic heterocycles. The molecule has 0 aliphatic carbocycles. The third kappa shape index (κ3) is 4.88. The average Bonchev–Trinajstić information content (AvgIpc) is 2.91. The van der Waals surface area contributed by atoms with Crippen molar-refractivity contribution in [3.05, 3.63) is 58.9 Å². The van der Waals surface area contributed by atoms with Gasteiger partial charge in [0.2, 0.25) is 5.91 Å². The summed E-state index contributed by atoms with van der Waals surface area (Å²) in [6.07, 6.45) is 2.32. The molecule has 9 heteroatoms. The molecule has 2 aromatic rings. The molecule has 148 valence electrons. The van der Waals surface area contributed by atoms with E-state index in [1.165, 1.54) is 12.1 Å². The molecule has 6 nitrogen and oxygen atoms in total. The fraction of sp³-hybridized carbons (Fsp3) is 0.263. The molecule has 28 heavy (non-hydrogen) atoms. The average molecular weight is 424 g/mol. The topological polar surface area (TPSA) is 87.6 Å². The number of amides is 1. The van der Waals surface area contributed by atoms with Crippen molar-refractivity contribution in [2.45, 2.75) is 30.6 Å². The Balaban J connectivity index is 1.42. The van der Waals surface area contributed by atoms with E-state index in [1.807, 2.05) is 0 Å². The Morgan fingerprint density at radius 1 is 1.14 bits per heavy atom. The van der Waals surface area contributed by atoms with Gasteiger partial charge in [0.25, 0.3) is 10.0 Å². The van der Waals surface area contributed by atoms with Crippen LogP contribution in [-0.2, 0) is 14.8 Å². The smallest absolute Gasteiger partial charge is 0.263 e. The number of carbonyl (C=O) groups excluding carboxylic acids is 1. The zero-order chi connectivity index (χ0) is 20.1. The van der Waals surface area contributed by atoms with E-state index in [2.05, 4.69) is 15.0 Å². The van der Waals surface area contributed by atoms with Crippen molar-refractivity contribution in [2.75, 3.05) is 11.9 Å². The van der Waals surface area contributed by atoms with Gasteiger partial charge in [-0.05, 0) is 43.2 Å². The van der Waals surface area contributed by atoms with Crippen LogP contribution < -0.4 is 10.0 Å². The molecule has 0 bridgehead atoms. The first-order valence-electron chi connectivity index (χ1n) is 8.78. The normalized spacial score (nSPS) is 15.9. The lowest BCUT2D eigenvalue weighted by molar-refractivity contribution is -0.116. The molecule has 2 aromatic carbocycles. The van der Waals surface area contributed by atoms with Crippen LogP contribution in [0.3, 0.4) is 0 Å². The van der Waals surface area contributed by atoms with E-state index in [-0.39, 0.29) is 27.9 Å². The van der Waals surface area contributed by atoms with Crippen molar-refractivity contribution in [3.63, 3.8) is 0 Å². The number of aliphatic imine (C=N–C) groups is 1. The zero-order valence-electron chi connectivity index (χ0n) is 14.9. The number of benzene rings is 2. The summed E-state index contributed by atoms with van der Waals surface area (Å²) in [6.45, 7) is 0.444. The molecule has 1 amide bonds. The van der Waals surface area contributed by atoms with Gasteiger partial charge < -0.3 is 5.32 Å². The minimum absolute atomic E-state index is 0.105. The number of nitrogens with one attached hydrogen (secondary N) is 2. The second-order valence-corrected chi connectivity index (χ2v) is 8.40. The number of rotatable bonds is 7. The van der Waals surface area contributed by atoms with Gasteiger partial charge in [-0.3, -0.25) is 14.5 Å². The number of nitrogens with zero attached hydrogens (tertiary/aromatic N) is 1. The predicted octanol–water partition coefficient (Wildman–Crippen LogP) is 3.72. The summed E-state index contributed by atoms with van der Waals surface area (Å²) >= 11 is 5.68. The summed E-state index contributed by atoms with van der Waals surface area (Å²) in [4.78, 5) is 16.4. The lowest BCUT2D eigenvalue weighted by atomic mass is 10.1. The van der Waals surface area contributed by atoms with Gasteiger partial charge in [-0.15, -0.1) is 0 Å². The first-order valence-corrected chi connectivity index (χ1v) is 10.6. The van der Waals surface area contributed by atoms with Crippen molar-refractivity contribution < 1.29 is 17.6 Å². The summed E-state index contributed by atoms with van der Waals surface area (Å²) in [7, 11) is -3.52. The molecule has 0 radical (unpaired) electrons. The maximum atomic E-state index is 13.6. The Morgan fingerprint density at radius 3 is 2.71 bits per heavy atom. The second-order valence-electron chi connectivity index (χ2n) is 6.31. The van der Waals surface area contributed by atoms with Gasteiger partial charge in [-0.1, -0.05) is 30.2 Å². The molecule has 0 spiro atoms. The second kappa shape index (κ2) is 8.70. The van der Waals surface area contributed by atoms with Gasteiger partial charge >= 0.3 is 0 Å². The number of carbonyl (C=O) groups is 1. The van der Waals surface area contributed by atoms with Crippen LogP contribution >= 0.6 is 11.6 Å². The molecule has 0 saturated heterocycles. The van der Waals surface area contributed by atoms with Crippen LogP contribution in [0.5, 0.6) is 0 Å². The molecule has 1 aliphatic heterocycles. The van der Waals surface area contributed by atoms with E-state index in [9.17, 15) is 17.6 Å². The third-order valence-corrected chi connectivity index (χ3v) is 5.83. The summed E-state index contributed by atoms with van der Waals surface area (Å²) in [5.74, 6) is -0.493. The number of hydrogen-bond acceptors (Lipinski definition) is 4. The maximum absolute atomic E-state index is 13.6. The van der Waals surface area contributed by atoms with Gasteiger partial charge in [0.05, 0.1) is 10.6 Å². The standard InChI is InChI=1S/C19H19ClFN3O3S/c20-13-9-10-16(15(21)12-13)23-18(25)8-2-1-5-11-22-19-14-6-3-4-7-17(14)28(26,27)24-19/h3-4,6-7,9-10,12H,1-2,5,8,11H2,(H,22,24)(H,23,25). The Bertz CT molecular complexity index is 1020. The Kier molecular flexibility index (Phi) is 6.31. The SMILES string of the molecule is O=C(CCCCCN=C1NS(=O)(=O)c2ccccc21)Nc1ccc(Cl)cc1F. The quantitative estimate of drug-likeness (QED) is 0.665. The van der Waals surface area contributed by atoms with Gasteiger partial charge in [0.1, 0.15) is 11.7 Å². The molecule has 0 fully saturated rings. The number of sulfonamides is 1. The highest BCUT2D eigenvalue weighted by molar-refractivity contribution is 7.90. The molecule has 0 atom stereocenters. The summed E-state index contributed by atoms with van der Waals surface area (Å²) in [5.41, 5.74) is 0.680. The molecule has 1 heterocycles. The van der Waals surface area contributed by atoms with Crippen molar-refractivity contribution >= 4 is 39.1 Å². The number of hydrogen-bond donors (Lipinski definition) is 2. The lowest BCUT2D eigenvalue weighted by Crippen LogP contribution is -2.22. The van der Waals surface area contributed by atoms with Crippen LogP contribution in [0.15, 0.2) is 52.4 Å². The number of anilines is 1. The van der Waals surface area contributed by atoms with Crippen molar-refractivity contribution in [2.24, 2.45) is 4.99 Å². The number of unbranched alkanes of at least 4 members (excludes halogenated alkanes) is 2. The fourth-order valence-corrected chi connectivity index (χ4v) is 4.23. The van der Waals surface area contributed by atoms with Crippen LogP contribution in [0.4, 0.5) is 10.1 Å². The van der Waals surface area contributed by atoms with E-state index >= 15 is 0 Å². The molecular formula is C19H19ClFN3O3S. The fourth-order valence-electron chi connectivity index (χ4n) is 2.82. The first kappa shape index (κ1) is 20.3. The molecule has 3 rings (SSSR count).